The Labute approximate surface area is 212 Å². The lowest BCUT2D eigenvalue weighted by atomic mass is 9.98. The second-order valence-corrected chi connectivity index (χ2v) is 9.77. The molecule has 0 amide bonds. The van der Waals surface area contributed by atoms with Crippen LogP contribution in [-0.4, -0.2) is 10.2 Å². The minimum absolute atomic E-state index is 0.521. The van der Waals surface area contributed by atoms with Crippen molar-refractivity contribution in [3.05, 3.63) is 121 Å². The monoisotopic (exact) mass is 480 g/mol. The van der Waals surface area contributed by atoms with E-state index in [9.17, 15) is 0 Å². The van der Waals surface area contributed by atoms with Crippen LogP contribution in [-0.2, 0) is 0 Å². The molecule has 5 aromatic carbocycles. The molecule has 0 saturated carbocycles. The van der Waals surface area contributed by atoms with Crippen molar-refractivity contribution in [2.24, 2.45) is 0 Å². The van der Waals surface area contributed by atoms with Crippen LogP contribution >= 0.6 is 11.3 Å². The quantitative estimate of drug-likeness (QED) is 0.252. The molecule has 0 aliphatic rings. The molecule has 2 heterocycles. The summed E-state index contributed by atoms with van der Waals surface area (Å²) in [6, 6.07) is 42.1. The van der Waals surface area contributed by atoms with E-state index in [1.807, 2.05) is 53.8 Å². The van der Waals surface area contributed by atoms with Crippen molar-refractivity contribution in [2.45, 2.75) is 0 Å². The van der Waals surface area contributed by atoms with Crippen LogP contribution in [0.2, 0.25) is 0 Å². The Balaban J connectivity index is 1.17. The van der Waals surface area contributed by atoms with Gasteiger partial charge in [0.05, 0.1) is 0 Å². The smallest absolute Gasteiger partial charge is 0.248 e. The SMILES string of the molecule is c1ccc(-c2nnc(-c3ccc(-c4ccc(-c5cccc6c5sc5ccccc56)cc4)cc3)o2)cc1. The molecule has 36 heavy (non-hydrogen) atoms. The van der Waals surface area contributed by atoms with Crippen LogP contribution in [0.1, 0.15) is 0 Å². The molecule has 0 aliphatic carbocycles. The number of hydrogen-bond donors (Lipinski definition) is 0. The number of rotatable bonds is 4. The predicted octanol–water partition coefficient (Wildman–Crippen LogP) is 9.11. The Hall–Kier alpha value is -4.54. The van der Waals surface area contributed by atoms with Gasteiger partial charge in [0, 0.05) is 31.3 Å². The van der Waals surface area contributed by atoms with E-state index in [0.29, 0.717) is 11.8 Å². The summed E-state index contributed by atoms with van der Waals surface area (Å²) in [4.78, 5) is 0. The van der Waals surface area contributed by atoms with Gasteiger partial charge in [-0.1, -0.05) is 91.0 Å². The first kappa shape index (κ1) is 20.8. The number of thiophene rings is 1. The molecule has 0 bridgehead atoms. The van der Waals surface area contributed by atoms with Crippen molar-refractivity contribution < 1.29 is 4.42 Å². The molecule has 7 rings (SSSR count). The Morgan fingerprint density at radius 2 is 1.00 bits per heavy atom. The minimum Gasteiger partial charge on any atom is -0.416 e. The largest absolute Gasteiger partial charge is 0.416 e. The number of fused-ring (bicyclic) bond motifs is 3. The van der Waals surface area contributed by atoms with Crippen molar-refractivity contribution in [1.82, 2.24) is 10.2 Å². The van der Waals surface area contributed by atoms with Crippen molar-refractivity contribution in [3.63, 3.8) is 0 Å². The zero-order valence-electron chi connectivity index (χ0n) is 19.3. The zero-order valence-corrected chi connectivity index (χ0v) is 20.1. The van der Waals surface area contributed by atoms with Gasteiger partial charge in [-0.05, 0) is 52.6 Å². The second kappa shape index (κ2) is 8.59. The Morgan fingerprint density at radius 3 is 1.72 bits per heavy atom. The van der Waals surface area contributed by atoms with Gasteiger partial charge in [-0.15, -0.1) is 21.5 Å². The maximum Gasteiger partial charge on any atom is 0.248 e. The highest BCUT2D eigenvalue weighted by molar-refractivity contribution is 7.26. The van der Waals surface area contributed by atoms with Crippen LogP contribution in [0.25, 0.3) is 65.3 Å². The number of nitrogens with zero attached hydrogens (tertiary/aromatic N) is 2. The topological polar surface area (TPSA) is 38.9 Å². The molecule has 0 unspecified atom stereocenters. The van der Waals surface area contributed by atoms with Gasteiger partial charge in [-0.3, -0.25) is 0 Å². The molecule has 0 aliphatic heterocycles. The van der Waals surface area contributed by atoms with E-state index in [4.69, 9.17) is 4.42 Å². The van der Waals surface area contributed by atoms with E-state index in [1.165, 1.54) is 36.9 Å². The fourth-order valence-electron chi connectivity index (χ4n) is 4.66. The third-order valence-corrected chi connectivity index (χ3v) is 7.73. The summed E-state index contributed by atoms with van der Waals surface area (Å²) >= 11 is 1.86. The lowest BCUT2D eigenvalue weighted by Crippen LogP contribution is -1.82. The second-order valence-electron chi connectivity index (χ2n) is 8.71. The first-order chi connectivity index (χ1) is 17.8. The number of benzene rings is 5. The van der Waals surface area contributed by atoms with Crippen LogP contribution < -0.4 is 0 Å². The fourth-order valence-corrected chi connectivity index (χ4v) is 5.90. The summed E-state index contributed by atoms with van der Waals surface area (Å²) in [5, 5.41) is 11.1. The Bertz CT molecular complexity index is 1810. The Morgan fingerprint density at radius 1 is 0.444 bits per heavy atom. The van der Waals surface area contributed by atoms with E-state index >= 15 is 0 Å². The standard InChI is InChI=1S/C32H20N2OS/c1-2-7-24(8-3-1)31-33-34-32(35-31)25-19-15-22(16-20-25)21-13-17-23(18-14-21)26-10-6-11-28-27-9-4-5-12-29(27)36-30(26)28/h1-20H. The highest BCUT2D eigenvalue weighted by atomic mass is 32.1. The maximum atomic E-state index is 5.90. The van der Waals surface area contributed by atoms with E-state index < -0.39 is 0 Å². The van der Waals surface area contributed by atoms with Crippen molar-refractivity contribution in [3.8, 4) is 45.2 Å². The van der Waals surface area contributed by atoms with Gasteiger partial charge in [-0.25, -0.2) is 0 Å². The lowest BCUT2D eigenvalue weighted by molar-refractivity contribution is 0.584. The lowest BCUT2D eigenvalue weighted by Gasteiger charge is -2.07. The zero-order chi connectivity index (χ0) is 23.9. The van der Waals surface area contributed by atoms with Gasteiger partial charge >= 0.3 is 0 Å². The van der Waals surface area contributed by atoms with E-state index in [0.717, 1.165) is 16.7 Å². The summed E-state index contributed by atoms with van der Waals surface area (Å²) in [5.41, 5.74) is 6.64. The molecule has 0 spiro atoms. The first-order valence-electron chi connectivity index (χ1n) is 11.8. The molecule has 0 N–H and O–H groups in total. The molecule has 2 aromatic heterocycles. The summed E-state index contributed by atoms with van der Waals surface area (Å²) < 4.78 is 8.57. The van der Waals surface area contributed by atoms with Gasteiger partial charge in [0.25, 0.3) is 0 Å². The molecule has 0 radical (unpaired) electrons. The first-order valence-corrected chi connectivity index (χ1v) is 12.7. The van der Waals surface area contributed by atoms with Crippen LogP contribution in [0.5, 0.6) is 0 Å². The number of aromatic nitrogens is 2. The summed E-state index contributed by atoms with van der Waals surface area (Å²) in [7, 11) is 0. The average Bonchev–Trinajstić information content (AvgIpc) is 3.59. The third kappa shape index (κ3) is 3.60. The fraction of sp³-hybridized carbons (Fsp3) is 0. The van der Waals surface area contributed by atoms with E-state index in [1.54, 1.807) is 0 Å². The van der Waals surface area contributed by atoms with Crippen molar-refractivity contribution in [2.75, 3.05) is 0 Å². The summed E-state index contributed by atoms with van der Waals surface area (Å²) in [5.74, 6) is 1.05. The Kier molecular flexibility index (Phi) is 4.97. The molecular weight excluding hydrogens is 460 g/mol. The molecule has 0 atom stereocenters. The molecule has 7 aromatic rings. The van der Waals surface area contributed by atoms with E-state index in [-0.39, 0.29) is 0 Å². The molecular formula is C32H20N2OS. The van der Waals surface area contributed by atoms with Crippen LogP contribution in [0.3, 0.4) is 0 Å². The third-order valence-electron chi connectivity index (χ3n) is 6.51. The average molecular weight is 481 g/mol. The number of hydrogen-bond acceptors (Lipinski definition) is 4. The van der Waals surface area contributed by atoms with Gasteiger partial charge in [0.1, 0.15) is 0 Å². The molecule has 4 heteroatoms. The molecule has 0 fully saturated rings. The van der Waals surface area contributed by atoms with Crippen LogP contribution in [0, 0.1) is 0 Å². The highest BCUT2D eigenvalue weighted by Crippen LogP contribution is 2.40. The van der Waals surface area contributed by atoms with Crippen LogP contribution in [0.15, 0.2) is 126 Å². The molecule has 170 valence electrons. The van der Waals surface area contributed by atoms with Crippen molar-refractivity contribution >= 4 is 31.5 Å². The van der Waals surface area contributed by atoms with Gasteiger partial charge in [0.15, 0.2) is 0 Å². The molecule has 0 saturated heterocycles. The normalized spacial score (nSPS) is 11.3. The van der Waals surface area contributed by atoms with Gasteiger partial charge in [-0.2, -0.15) is 0 Å². The molecule has 3 nitrogen and oxygen atoms in total. The summed E-state index contributed by atoms with van der Waals surface area (Å²) in [6.45, 7) is 0. The highest BCUT2D eigenvalue weighted by Gasteiger charge is 2.12. The van der Waals surface area contributed by atoms with E-state index in [2.05, 4.69) is 89.1 Å². The van der Waals surface area contributed by atoms with Gasteiger partial charge in [0.2, 0.25) is 11.8 Å². The predicted molar refractivity (Wildman–Crippen MR) is 149 cm³/mol. The van der Waals surface area contributed by atoms with Crippen LogP contribution in [0.4, 0.5) is 0 Å². The van der Waals surface area contributed by atoms with Gasteiger partial charge < -0.3 is 4.42 Å². The summed E-state index contributed by atoms with van der Waals surface area (Å²) in [6.07, 6.45) is 0. The van der Waals surface area contributed by atoms with Crippen molar-refractivity contribution in [1.29, 1.82) is 0 Å². The maximum absolute atomic E-state index is 5.90. The minimum atomic E-state index is 0.521.